The maximum atomic E-state index is 12.8. The number of ether oxygens (including phenoxy) is 1. The van der Waals surface area contributed by atoms with Crippen molar-refractivity contribution in [3.8, 4) is 5.75 Å². The van der Waals surface area contributed by atoms with Gasteiger partial charge in [-0.3, -0.25) is 19.1 Å². The molecule has 0 N–H and O–H groups in total. The number of fused-ring (bicyclic) bond motifs is 2. The number of nitrogens with zero attached hydrogens (tertiary/aromatic N) is 4. The highest BCUT2D eigenvalue weighted by molar-refractivity contribution is 7.99. The zero-order chi connectivity index (χ0) is 18.4. The molecule has 27 heavy (non-hydrogen) atoms. The normalized spacial score (nSPS) is 20.9. The molecule has 2 aromatic heterocycles. The van der Waals surface area contributed by atoms with Gasteiger partial charge in [-0.05, 0) is 31.4 Å². The second-order valence-corrected chi connectivity index (χ2v) is 8.23. The number of pyridine rings is 1. The molecule has 0 radical (unpaired) electrons. The number of hydrogen-bond acceptors (Lipinski definition) is 6. The van der Waals surface area contributed by atoms with Gasteiger partial charge in [-0.2, -0.15) is 0 Å². The molecular weight excluding hydrogens is 364 g/mol. The van der Waals surface area contributed by atoms with Crippen molar-refractivity contribution in [2.75, 3.05) is 18.8 Å². The molecule has 4 heterocycles. The van der Waals surface area contributed by atoms with Gasteiger partial charge in [0.2, 0.25) is 5.91 Å². The van der Waals surface area contributed by atoms with Crippen LogP contribution in [0.4, 0.5) is 0 Å². The number of rotatable bonds is 4. The fraction of sp³-hybridized carbons (Fsp3) is 0.474. The van der Waals surface area contributed by atoms with Gasteiger partial charge in [-0.25, -0.2) is 4.98 Å². The van der Waals surface area contributed by atoms with Gasteiger partial charge in [-0.1, -0.05) is 11.8 Å². The molecular formula is C19H20N4O3S. The number of carbonyl (C=O) groups excluding carboxylic acids is 1. The Labute approximate surface area is 160 Å². The smallest absolute Gasteiger partial charge is 0.257 e. The van der Waals surface area contributed by atoms with E-state index in [9.17, 15) is 9.59 Å². The molecule has 2 aromatic rings. The van der Waals surface area contributed by atoms with Crippen LogP contribution < -0.4 is 10.3 Å². The first-order valence-corrected chi connectivity index (χ1v) is 10.3. The minimum Gasteiger partial charge on any atom is -0.485 e. The second kappa shape index (κ2) is 6.67. The standard InChI is InChI=1S/C19H20N4O3S/c24-17(22-9-14(10-22)26-13-3-2-6-20-8-13)7-12-11-27-19-21-16-5-1-4-15(16)18(25)23(12)19/h2-3,6,8,12,14H,1,4-5,7,9-11H2. The Balaban J connectivity index is 1.22. The van der Waals surface area contributed by atoms with Crippen LogP contribution in [0.1, 0.15) is 30.1 Å². The zero-order valence-electron chi connectivity index (χ0n) is 14.8. The van der Waals surface area contributed by atoms with Crippen molar-refractivity contribution in [1.82, 2.24) is 19.4 Å². The third kappa shape index (κ3) is 3.01. The van der Waals surface area contributed by atoms with Gasteiger partial charge in [0.25, 0.3) is 5.56 Å². The molecule has 3 aliphatic rings. The summed E-state index contributed by atoms with van der Waals surface area (Å²) in [6, 6.07) is 3.60. The highest BCUT2D eigenvalue weighted by atomic mass is 32.2. The van der Waals surface area contributed by atoms with E-state index in [1.165, 1.54) is 0 Å². The Morgan fingerprint density at radius 3 is 3.04 bits per heavy atom. The number of amides is 1. The summed E-state index contributed by atoms with van der Waals surface area (Å²) in [4.78, 5) is 36.0. The van der Waals surface area contributed by atoms with Gasteiger partial charge in [0.1, 0.15) is 11.9 Å². The summed E-state index contributed by atoms with van der Waals surface area (Å²) in [7, 11) is 0. The Morgan fingerprint density at radius 2 is 2.22 bits per heavy atom. The van der Waals surface area contributed by atoms with Crippen LogP contribution in [-0.2, 0) is 17.6 Å². The summed E-state index contributed by atoms with van der Waals surface area (Å²) in [5.74, 6) is 1.54. The van der Waals surface area contributed by atoms with Gasteiger partial charge >= 0.3 is 0 Å². The number of aromatic nitrogens is 3. The SMILES string of the molecule is O=C(CC1CSc2nc3c(c(=O)n21)CCC3)N1CC(Oc2cccnc2)C1. The van der Waals surface area contributed by atoms with E-state index in [0.29, 0.717) is 19.5 Å². The molecule has 0 bridgehead atoms. The van der Waals surface area contributed by atoms with Crippen LogP contribution >= 0.6 is 11.8 Å². The third-order valence-corrected chi connectivity index (χ3v) is 6.52. The molecule has 1 unspecified atom stereocenters. The predicted molar refractivity (Wildman–Crippen MR) is 100 cm³/mol. The maximum absolute atomic E-state index is 12.8. The van der Waals surface area contributed by atoms with Crippen LogP contribution in [0.25, 0.3) is 0 Å². The first-order valence-electron chi connectivity index (χ1n) is 9.30. The molecule has 0 aromatic carbocycles. The van der Waals surface area contributed by atoms with Gasteiger partial charge in [0.15, 0.2) is 5.16 Å². The molecule has 0 spiro atoms. The van der Waals surface area contributed by atoms with Crippen LogP contribution in [-0.4, -0.2) is 50.3 Å². The van der Waals surface area contributed by atoms with Crippen LogP contribution in [0, 0.1) is 0 Å². The lowest BCUT2D eigenvalue weighted by molar-refractivity contribution is -0.140. The Kier molecular flexibility index (Phi) is 4.15. The molecule has 1 fully saturated rings. The predicted octanol–water partition coefficient (Wildman–Crippen LogP) is 1.45. The minimum atomic E-state index is -0.0957. The third-order valence-electron chi connectivity index (χ3n) is 5.42. The average Bonchev–Trinajstić information content (AvgIpc) is 3.26. The summed E-state index contributed by atoms with van der Waals surface area (Å²) in [5.41, 5.74) is 1.88. The average molecular weight is 384 g/mol. The molecule has 1 aliphatic carbocycles. The molecule has 2 aliphatic heterocycles. The van der Waals surface area contributed by atoms with Crippen molar-refractivity contribution in [2.24, 2.45) is 0 Å². The second-order valence-electron chi connectivity index (χ2n) is 7.24. The van der Waals surface area contributed by atoms with E-state index in [-0.39, 0.29) is 23.6 Å². The molecule has 5 rings (SSSR count). The Morgan fingerprint density at radius 1 is 1.33 bits per heavy atom. The molecule has 8 heteroatoms. The lowest BCUT2D eigenvalue weighted by Gasteiger charge is -2.39. The number of hydrogen-bond donors (Lipinski definition) is 0. The number of aryl methyl sites for hydroxylation is 1. The van der Waals surface area contributed by atoms with Crippen molar-refractivity contribution in [3.63, 3.8) is 0 Å². The monoisotopic (exact) mass is 384 g/mol. The highest BCUT2D eigenvalue weighted by Crippen LogP contribution is 2.34. The van der Waals surface area contributed by atoms with Crippen LogP contribution in [0.3, 0.4) is 0 Å². The van der Waals surface area contributed by atoms with Crippen LogP contribution in [0.5, 0.6) is 5.75 Å². The van der Waals surface area contributed by atoms with Crippen molar-refractivity contribution >= 4 is 17.7 Å². The van der Waals surface area contributed by atoms with Crippen molar-refractivity contribution in [1.29, 1.82) is 0 Å². The van der Waals surface area contributed by atoms with Gasteiger partial charge in [-0.15, -0.1) is 0 Å². The minimum absolute atomic E-state index is 0.0102. The fourth-order valence-corrected chi connectivity index (χ4v) is 5.11. The quantitative estimate of drug-likeness (QED) is 0.743. The summed E-state index contributed by atoms with van der Waals surface area (Å²) in [6.07, 6.45) is 6.45. The lowest BCUT2D eigenvalue weighted by atomic mass is 10.1. The van der Waals surface area contributed by atoms with Gasteiger partial charge in [0.05, 0.1) is 31.0 Å². The zero-order valence-corrected chi connectivity index (χ0v) is 15.7. The summed E-state index contributed by atoms with van der Waals surface area (Å²) < 4.78 is 7.56. The number of likely N-dealkylation sites (tertiary alicyclic amines) is 1. The molecule has 140 valence electrons. The van der Waals surface area contributed by atoms with Gasteiger partial charge < -0.3 is 9.64 Å². The molecule has 1 saturated heterocycles. The largest absolute Gasteiger partial charge is 0.485 e. The van der Waals surface area contributed by atoms with E-state index in [0.717, 1.165) is 47.2 Å². The van der Waals surface area contributed by atoms with Crippen molar-refractivity contribution in [2.45, 2.75) is 43.0 Å². The van der Waals surface area contributed by atoms with E-state index < -0.39 is 0 Å². The summed E-state index contributed by atoms with van der Waals surface area (Å²) in [5, 5.41) is 0.778. The molecule has 0 saturated carbocycles. The summed E-state index contributed by atoms with van der Waals surface area (Å²) >= 11 is 1.59. The van der Waals surface area contributed by atoms with Crippen LogP contribution in [0.15, 0.2) is 34.5 Å². The molecule has 1 atom stereocenters. The Bertz CT molecular complexity index is 940. The van der Waals surface area contributed by atoms with Crippen molar-refractivity contribution < 1.29 is 9.53 Å². The molecule has 1 amide bonds. The number of carbonyl (C=O) groups is 1. The first kappa shape index (κ1) is 16.8. The number of thioether (sulfide) groups is 1. The van der Waals surface area contributed by atoms with E-state index in [4.69, 9.17) is 4.74 Å². The topological polar surface area (TPSA) is 77.3 Å². The van der Waals surface area contributed by atoms with E-state index in [2.05, 4.69) is 9.97 Å². The van der Waals surface area contributed by atoms with E-state index >= 15 is 0 Å². The lowest BCUT2D eigenvalue weighted by Crippen LogP contribution is -2.56. The summed E-state index contributed by atoms with van der Waals surface area (Å²) in [6.45, 7) is 1.16. The van der Waals surface area contributed by atoms with Crippen LogP contribution in [0.2, 0.25) is 0 Å². The van der Waals surface area contributed by atoms with Crippen molar-refractivity contribution in [3.05, 3.63) is 46.1 Å². The van der Waals surface area contributed by atoms with E-state index in [1.807, 2.05) is 12.1 Å². The highest BCUT2D eigenvalue weighted by Gasteiger charge is 2.36. The Hall–Kier alpha value is -2.35. The first-order chi connectivity index (χ1) is 13.2. The maximum Gasteiger partial charge on any atom is 0.257 e. The van der Waals surface area contributed by atoms with E-state index in [1.54, 1.807) is 33.6 Å². The van der Waals surface area contributed by atoms with Gasteiger partial charge in [0, 0.05) is 23.9 Å². The fourth-order valence-electron chi connectivity index (χ4n) is 3.96. The molecule has 7 nitrogen and oxygen atoms in total.